The zero-order valence-electron chi connectivity index (χ0n) is 19.7. The molecule has 0 saturated carbocycles. The van der Waals surface area contributed by atoms with E-state index in [1.54, 1.807) is 22.9 Å². The molecule has 0 saturated heterocycles. The number of amides is 1. The van der Waals surface area contributed by atoms with Gasteiger partial charge < -0.3 is 5.32 Å². The van der Waals surface area contributed by atoms with Crippen molar-refractivity contribution < 1.29 is 13.6 Å². The molecular formula is C28H22BrF2N5O. The number of benzene rings is 2. The highest BCUT2D eigenvalue weighted by molar-refractivity contribution is 9.10. The maximum Gasteiger partial charge on any atom is 0.326 e. The van der Waals surface area contributed by atoms with Crippen molar-refractivity contribution in [1.29, 1.82) is 5.26 Å². The van der Waals surface area contributed by atoms with Crippen LogP contribution in [0, 0.1) is 23.0 Å². The molecule has 3 heterocycles. The molecule has 1 aliphatic rings. The summed E-state index contributed by atoms with van der Waals surface area (Å²) in [7, 11) is 0. The van der Waals surface area contributed by atoms with E-state index in [-0.39, 0.29) is 6.03 Å². The number of carbonyl (C=O) groups is 1. The molecule has 0 spiro atoms. The second kappa shape index (κ2) is 10.6. The Morgan fingerprint density at radius 3 is 2.81 bits per heavy atom. The van der Waals surface area contributed by atoms with E-state index in [9.17, 15) is 18.8 Å². The van der Waals surface area contributed by atoms with Crippen molar-refractivity contribution in [2.75, 3.05) is 13.1 Å². The Bertz CT molecular complexity index is 1570. The highest BCUT2D eigenvalue weighted by Crippen LogP contribution is 2.32. The second-order valence-corrected chi connectivity index (χ2v) is 9.62. The molecule has 186 valence electrons. The summed E-state index contributed by atoms with van der Waals surface area (Å²) in [5.41, 5.74) is 4.75. The molecule has 37 heavy (non-hydrogen) atoms. The second-order valence-electron chi connectivity index (χ2n) is 8.81. The lowest BCUT2D eigenvalue weighted by atomic mass is 10.0. The molecule has 0 bridgehead atoms. The third kappa shape index (κ3) is 5.31. The Balaban J connectivity index is 1.39. The Labute approximate surface area is 221 Å². The summed E-state index contributed by atoms with van der Waals surface area (Å²) in [5.74, 6) is -1.74. The van der Waals surface area contributed by atoms with Crippen LogP contribution in [-0.4, -0.2) is 33.6 Å². The van der Waals surface area contributed by atoms with Crippen LogP contribution in [0.25, 0.3) is 17.0 Å². The van der Waals surface area contributed by atoms with Gasteiger partial charge in [0, 0.05) is 49.9 Å². The van der Waals surface area contributed by atoms with Crippen molar-refractivity contribution >= 4 is 38.9 Å². The van der Waals surface area contributed by atoms with E-state index < -0.39 is 11.6 Å². The van der Waals surface area contributed by atoms with Crippen molar-refractivity contribution in [2.24, 2.45) is 0 Å². The number of halogens is 3. The van der Waals surface area contributed by atoms with Crippen molar-refractivity contribution in [3.63, 3.8) is 0 Å². The van der Waals surface area contributed by atoms with Crippen LogP contribution in [0.2, 0.25) is 0 Å². The quantitative estimate of drug-likeness (QED) is 0.313. The standard InChI is InChI=1S/C28H22BrF2N5O/c29-27-14-20(7-9-33-27)16-34-28(37)36-25-6-4-19(15-32)12-21(25)22-17-35(11-8-26(22)36)10-1-2-18-3-5-23(30)24(31)13-18/h1-7,9,12-14H,8,10-11,16-17H2,(H,34,37)/b2-1+. The molecule has 1 aliphatic heterocycles. The fourth-order valence-electron chi connectivity index (χ4n) is 4.63. The minimum atomic E-state index is -0.874. The van der Waals surface area contributed by atoms with Gasteiger partial charge in [0.1, 0.15) is 4.60 Å². The van der Waals surface area contributed by atoms with Gasteiger partial charge in [0.15, 0.2) is 11.6 Å². The van der Waals surface area contributed by atoms with E-state index in [0.29, 0.717) is 41.8 Å². The number of pyridine rings is 1. The van der Waals surface area contributed by atoms with Gasteiger partial charge in [0.25, 0.3) is 0 Å². The van der Waals surface area contributed by atoms with Crippen LogP contribution in [0.4, 0.5) is 13.6 Å². The third-order valence-electron chi connectivity index (χ3n) is 6.41. The normalized spacial score (nSPS) is 13.6. The number of fused-ring (bicyclic) bond motifs is 3. The van der Waals surface area contributed by atoms with Crippen molar-refractivity contribution in [3.05, 3.63) is 105 Å². The molecule has 1 N–H and O–H groups in total. The predicted octanol–water partition coefficient (Wildman–Crippen LogP) is 5.78. The number of nitrogens with one attached hydrogen (secondary N) is 1. The molecule has 6 nitrogen and oxygen atoms in total. The van der Waals surface area contributed by atoms with Crippen LogP contribution < -0.4 is 5.32 Å². The molecular weight excluding hydrogens is 540 g/mol. The zero-order valence-corrected chi connectivity index (χ0v) is 21.3. The topological polar surface area (TPSA) is 74.0 Å². The van der Waals surface area contributed by atoms with E-state index in [1.807, 2.05) is 30.3 Å². The van der Waals surface area contributed by atoms with Gasteiger partial charge in [0.2, 0.25) is 0 Å². The Kier molecular flexibility index (Phi) is 7.12. The minimum absolute atomic E-state index is 0.226. The highest BCUT2D eigenvalue weighted by atomic mass is 79.9. The lowest BCUT2D eigenvalue weighted by molar-refractivity contribution is 0.240. The molecule has 2 aromatic carbocycles. The largest absolute Gasteiger partial charge is 0.333 e. The highest BCUT2D eigenvalue weighted by Gasteiger charge is 2.26. The molecule has 0 atom stereocenters. The number of nitrogens with zero attached hydrogens (tertiary/aromatic N) is 4. The summed E-state index contributed by atoms with van der Waals surface area (Å²) in [6, 6.07) is 14.8. The molecule has 0 radical (unpaired) electrons. The monoisotopic (exact) mass is 561 g/mol. The van der Waals surface area contributed by atoms with Gasteiger partial charge in [-0.15, -0.1) is 0 Å². The first-order valence-electron chi connectivity index (χ1n) is 11.7. The molecule has 4 aromatic rings. The van der Waals surface area contributed by atoms with Crippen LogP contribution in [0.15, 0.2) is 65.4 Å². The Hall–Kier alpha value is -3.87. The number of aromatic nitrogens is 2. The number of carbonyl (C=O) groups excluding carboxylic acids is 1. The number of nitriles is 1. The van der Waals surface area contributed by atoms with Crippen LogP contribution >= 0.6 is 15.9 Å². The lowest BCUT2D eigenvalue weighted by Crippen LogP contribution is -2.34. The first-order valence-corrected chi connectivity index (χ1v) is 12.5. The van der Waals surface area contributed by atoms with Crippen molar-refractivity contribution in [1.82, 2.24) is 19.8 Å². The van der Waals surface area contributed by atoms with Gasteiger partial charge in [0.05, 0.1) is 17.1 Å². The van der Waals surface area contributed by atoms with Gasteiger partial charge in [-0.3, -0.25) is 9.47 Å². The summed E-state index contributed by atoms with van der Waals surface area (Å²) in [6.07, 6.45) is 6.01. The number of rotatable bonds is 5. The average Bonchev–Trinajstić information content (AvgIpc) is 3.22. The third-order valence-corrected chi connectivity index (χ3v) is 6.85. The summed E-state index contributed by atoms with van der Waals surface area (Å²) in [6.45, 7) is 2.28. The van der Waals surface area contributed by atoms with Gasteiger partial charge in [-0.2, -0.15) is 5.26 Å². The van der Waals surface area contributed by atoms with E-state index in [2.05, 4.69) is 37.2 Å². The van der Waals surface area contributed by atoms with Crippen LogP contribution in [-0.2, 0) is 19.5 Å². The maximum absolute atomic E-state index is 13.5. The number of hydrogen-bond donors (Lipinski definition) is 1. The SMILES string of the molecule is N#Cc1ccc2c(c1)c1c(n2C(=O)NCc2ccnc(Br)c2)CCN(C/C=C/c2ccc(F)c(F)c2)C1. The first kappa shape index (κ1) is 24.8. The molecule has 0 unspecified atom stereocenters. The summed E-state index contributed by atoms with van der Waals surface area (Å²) >= 11 is 3.35. The fourth-order valence-corrected chi connectivity index (χ4v) is 5.05. The molecule has 9 heteroatoms. The predicted molar refractivity (Wildman–Crippen MR) is 141 cm³/mol. The molecule has 2 aromatic heterocycles. The van der Waals surface area contributed by atoms with E-state index in [4.69, 9.17) is 0 Å². The van der Waals surface area contributed by atoms with Crippen LogP contribution in [0.3, 0.4) is 0 Å². The van der Waals surface area contributed by atoms with Crippen LogP contribution in [0.1, 0.15) is 27.9 Å². The van der Waals surface area contributed by atoms with Gasteiger partial charge in [-0.1, -0.05) is 18.2 Å². The van der Waals surface area contributed by atoms with Crippen molar-refractivity contribution in [3.8, 4) is 6.07 Å². The van der Waals surface area contributed by atoms with Crippen LogP contribution in [0.5, 0.6) is 0 Å². The smallest absolute Gasteiger partial charge is 0.326 e. The summed E-state index contributed by atoms with van der Waals surface area (Å²) < 4.78 is 29.1. The molecule has 1 amide bonds. The molecule has 0 aliphatic carbocycles. The van der Waals surface area contributed by atoms with E-state index >= 15 is 0 Å². The van der Waals surface area contributed by atoms with Gasteiger partial charge in [-0.25, -0.2) is 18.6 Å². The number of hydrogen-bond acceptors (Lipinski definition) is 4. The minimum Gasteiger partial charge on any atom is -0.333 e. The molecule has 5 rings (SSSR count). The van der Waals surface area contributed by atoms with Crippen molar-refractivity contribution in [2.45, 2.75) is 19.5 Å². The Morgan fingerprint density at radius 1 is 1.16 bits per heavy atom. The summed E-state index contributed by atoms with van der Waals surface area (Å²) in [5, 5.41) is 13.3. The van der Waals surface area contributed by atoms with Gasteiger partial charge >= 0.3 is 6.03 Å². The Morgan fingerprint density at radius 2 is 2.03 bits per heavy atom. The zero-order chi connectivity index (χ0) is 25.9. The first-order chi connectivity index (χ1) is 17.9. The van der Waals surface area contributed by atoms with E-state index in [0.717, 1.165) is 40.3 Å². The lowest BCUT2D eigenvalue weighted by Gasteiger charge is -2.27. The fraction of sp³-hybridized carbons (Fsp3) is 0.179. The molecule has 0 fully saturated rings. The summed E-state index contributed by atoms with van der Waals surface area (Å²) in [4.78, 5) is 19.7. The van der Waals surface area contributed by atoms with Gasteiger partial charge in [-0.05, 0) is 75.1 Å². The maximum atomic E-state index is 13.5. The average molecular weight is 562 g/mol. The van der Waals surface area contributed by atoms with E-state index in [1.165, 1.54) is 12.1 Å².